The number of carboxylic acid groups (broad SMARTS) is 1. The van der Waals surface area contributed by atoms with Gasteiger partial charge >= 0.3 is 12.1 Å². The number of carboxylic acids is 1. The smallest absolute Gasteiger partial charge is 0.407 e. The van der Waals surface area contributed by atoms with Crippen LogP contribution in [0, 0.1) is 11.6 Å². The average molecular weight is 530 g/mol. The van der Waals surface area contributed by atoms with Gasteiger partial charge in [0, 0.05) is 30.0 Å². The van der Waals surface area contributed by atoms with E-state index in [1.54, 1.807) is 0 Å². The minimum absolute atomic E-state index is 0.0254. The maximum absolute atomic E-state index is 14.8. The Labute approximate surface area is 223 Å². The predicted molar refractivity (Wildman–Crippen MR) is 140 cm³/mol. The van der Waals surface area contributed by atoms with Crippen LogP contribution in [0.4, 0.5) is 13.6 Å². The third-order valence-electron chi connectivity index (χ3n) is 6.70. The molecule has 2 N–H and O–H groups in total. The number of hydrogen-bond acceptors (Lipinski definition) is 4. The summed E-state index contributed by atoms with van der Waals surface area (Å²) >= 11 is 0. The fourth-order valence-corrected chi connectivity index (χ4v) is 4.79. The van der Waals surface area contributed by atoms with Crippen LogP contribution in [0.1, 0.15) is 28.2 Å². The number of benzene rings is 4. The molecule has 0 fully saturated rings. The van der Waals surface area contributed by atoms with Gasteiger partial charge < -0.3 is 19.9 Å². The largest absolute Gasteiger partial charge is 0.489 e. The van der Waals surface area contributed by atoms with Crippen LogP contribution in [0.2, 0.25) is 0 Å². The number of rotatable bonds is 9. The molecule has 0 saturated carbocycles. The van der Waals surface area contributed by atoms with Crippen molar-refractivity contribution in [2.45, 2.75) is 25.0 Å². The number of carbonyl (C=O) groups is 2. The fraction of sp³-hybridized carbons (Fsp3) is 0.161. The zero-order valence-corrected chi connectivity index (χ0v) is 20.8. The first-order chi connectivity index (χ1) is 18.9. The number of amides is 1. The Bertz CT molecular complexity index is 1440. The molecule has 39 heavy (non-hydrogen) atoms. The van der Waals surface area contributed by atoms with Gasteiger partial charge in [0.1, 0.15) is 36.6 Å². The number of alkyl carbamates (subject to hydrolysis) is 1. The molecule has 1 aliphatic rings. The number of carbonyl (C=O) groups excluding carboxylic acids is 1. The molecule has 0 heterocycles. The monoisotopic (exact) mass is 529 g/mol. The van der Waals surface area contributed by atoms with E-state index in [2.05, 4.69) is 5.32 Å². The van der Waals surface area contributed by atoms with Crippen molar-refractivity contribution in [1.29, 1.82) is 0 Å². The van der Waals surface area contributed by atoms with Crippen molar-refractivity contribution >= 4 is 12.1 Å². The molecular formula is C31H25F2NO5. The number of halogens is 2. The van der Waals surface area contributed by atoms with Crippen LogP contribution < -0.4 is 10.1 Å². The van der Waals surface area contributed by atoms with Crippen molar-refractivity contribution in [3.05, 3.63) is 125 Å². The van der Waals surface area contributed by atoms with Crippen molar-refractivity contribution in [1.82, 2.24) is 5.32 Å². The van der Waals surface area contributed by atoms with E-state index >= 15 is 0 Å². The minimum Gasteiger partial charge on any atom is -0.489 e. The van der Waals surface area contributed by atoms with Crippen molar-refractivity contribution in [2.75, 3.05) is 6.61 Å². The SMILES string of the molecule is O=C(N[C@@H](Cc1c(F)cc(OCc2ccccc2)cc1F)C(=O)O)OCC1c2ccccc2-c2ccccc21. The van der Waals surface area contributed by atoms with Crippen molar-refractivity contribution < 1.29 is 33.0 Å². The van der Waals surface area contributed by atoms with Gasteiger partial charge in [-0.15, -0.1) is 0 Å². The van der Waals surface area contributed by atoms with Crippen LogP contribution in [0.3, 0.4) is 0 Å². The van der Waals surface area contributed by atoms with E-state index in [9.17, 15) is 23.5 Å². The number of hydrogen-bond donors (Lipinski definition) is 2. The topological polar surface area (TPSA) is 84.9 Å². The van der Waals surface area contributed by atoms with Gasteiger partial charge in [0.25, 0.3) is 0 Å². The summed E-state index contributed by atoms with van der Waals surface area (Å²) in [5.74, 6) is -3.65. The van der Waals surface area contributed by atoms with Crippen molar-refractivity contribution in [2.24, 2.45) is 0 Å². The van der Waals surface area contributed by atoms with Crippen LogP contribution >= 0.6 is 0 Å². The van der Waals surface area contributed by atoms with Crippen LogP contribution in [-0.4, -0.2) is 29.8 Å². The van der Waals surface area contributed by atoms with Crippen LogP contribution in [-0.2, 0) is 22.6 Å². The second-order valence-corrected chi connectivity index (χ2v) is 9.20. The summed E-state index contributed by atoms with van der Waals surface area (Å²) in [5.41, 5.74) is 4.44. The fourth-order valence-electron chi connectivity index (χ4n) is 4.79. The molecule has 1 atom stereocenters. The van der Waals surface area contributed by atoms with E-state index in [0.717, 1.165) is 39.9 Å². The summed E-state index contributed by atoms with van der Waals surface area (Å²) in [5, 5.41) is 11.9. The van der Waals surface area contributed by atoms with Crippen LogP contribution in [0.5, 0.6) is 5.75 Å². The van der Waals surface area contributed by atoms with Crippen LogP contribution in [0.25, 0.3) is 11.1 Å². The molecule has 0 unspecified atom stereocenters. The molecule has 5 rings (SSSR count). The van der Waals surface area contributed by atoms with Crippen molar-refractivity contribution in [3.8, 4) is 16.9 Å². The molecule has 1 aliphatic carbocycles. The zero-order valence-electron chi connectivity index (χ0n) is 20.8. The molecule has 198 valence electrons. The average Bonchev–Trinajstić information content (AvgIpc) is 3.26. The maximum Gasteiger partial charge on any atom is 0.407 e. The molecule has 0 bridgehead atoms. The van der Waals surface area contributed by atoms with Gasteiger partial charge in [0.15, 0.2) is 0 Å². The highest BCUT2D eigenvalue weighted by Gasteiger charge is 2.30. The lowest BCUT2D eigenvalue weighted by molar-refractivity contribution is -0.139. The summed E-state index contributed by atoms with van der Waals surface area (Å²) in [6.45, 7) is 0.0858. The molecule has 6 nitrogen and oxygen atoms in total. The number of aliphatic carboxylic acids is 1. The summed E-state index contributed by atoms with van der Waals surface area (Å²) in [4.78, 5) is 24.4. The Hall–Kier alpha value is -4.72. The second kappa shape index (κ2) is 11.3. The lowest BCUT2D eigenvalue weighted by Gasteiger charge is -2.18. The zero-order chi connectivity index (χ0) is 27.4. The molecule has 4 aromatic rings. The lowest BCUT2D eigenvalue weighted by atomic mass is 9.98. The quantitative estimate of drug-likeness (QED) is 0.275. The van der Waals surface area contributed by atoms with Crippen LogP contribution in [0.15, 0.2) is 91.0 Å². The summed E-state index contributed by atoms with van der Waals surface area (Å²) in [6.07, 6.45) is -1.61. The number of nitrogens with one attached hydrogen (secondary N) is 1. The van der Waals surface area contributed by atoms with Gasteiger partial charge in [-0.3, -0.25) is 0 Å². The van der Waals surface area contributed by atoms with E-state index in [0.29, 0.717) is 0 Å². The molecule has 0 aliphatic heterocycles. The molecule has 0 aromatic heterocycles. The minimum atomic E-state index is -1.61. The maximum atomic E-state index is 14.8. The molecule has 8 heteroatoms. The summed E-state index contributed by atoms with van der Waals surface area (Å²) < 4.78 is 40.4. The van der Waals surface area contributed by atoms with Gasteiger partial charge in [-0.2, -0.15) is 0 Å². The Morgan fingerprint density at radius 2 is 1.41 bits per heavy atom. The number of ether oxygens (including phenoxy) is 2. The van der Waals surface area contributed by atoms with Gasteiger partial charge in [-0.1, -0.05) is 78.9 Å². The first-order valence-corrected chi connectivity index (χ1v) is 12.4. The molecule has 0 saturated heterocycles. The summed E-state index contributed by atoms with van der Waals surface area (Å²) in [7, 11) is 0. The molecule has 0 radical (unpaired) electrons. The highest BCUT2D eigenvalue weighted by molar-refractivity contribution is 5.81. The first kappa shape index (κ1) is 25.9. The molecule has 1 amide bonds. The van der Waals surface area contributed by atoms with E-state index in [1.807, 2.05) is 78.9 Å². The molecular weight excluding hydrogens is 504 g/mol. The van der Waals surface area contributed by atoms with E-state index in [1.165, 1.54) is 0 Å². The Morgan fingerprint density at radius 1 is 0.846 bits per heavy atom. The van der Waals surface area contributed by atoms with Gasteiger partial charge in [0.2, 0.25) is 0 Å². The predicted octanol–water partition coefficient (Wildman–Crippen LogP) is 6.08. The van der Waals surface area contributed by atoms with E-state index in [4.69, 9.17) is 9.47 Å². The third-order valence-corrected chi connectivity index (χ3v) is 6.70. The molecule has 0 spiro atoms. The Balaban J connectivity index is 1.23. The standard InChI is InChI=1S/C31H25F2NO5/c32-27-14-20(38-17-19-8-2-1-3-9-19)15-28(33)25(27)16-29(30(35)36)34-31(37)39-18-26-23-12-6-4-10-21(23)22-11-5-7-13-24(22)26/h1-15,26,29H,16-18H2,(H,34,37)(H,35,36)/t29-/m0/s1. The number of fused-ring (bicyclic) bond motifs is 3. The first-order valence-electron chi connectivity index (χ1n) is 12.4. The lowest BCUT2D eigenvalue weighted by Crippen LogP contribution is -2.43. The van der Waals surface area contributed by atoms with E-state index in [-0.39, 0.29) is 24.9 Å². The Kier molecular flexibility index (Phi) is 7.54. The second-order valence-electron chi connectivity index (χ2n) is 9.20. The van der Waals surface area contributed by atoms with Gasteiger partial charge in [-0.05, 0) is 27.8 Å². The highest BCUT2D eigenvalue weighted by Crippen LogP contribution is 2.44. The third kappa shape index (κ3) is 5.75. The van der Waals surface area contributed by atoms with Gasteiger partial charge in [-0.25, -0.2) is 18.4 Å². The summed E-state index contributed by atoms with van der Waals surface area (Å²) in [6, 6.07) is 25.1. The highest BCUT2D eigenvalue weighted by atomic mass is 19.1. The normalized spacial score (nSPS) is 12.8. The Morgan fingerprint density at radius 3 is 2.00 bits per heavy atom. The van der Waals surface area contributed by atoms with E-state index < -0.39 is 41.7 Å². The van der Waals surface area contributed by atoms with Gasteiger partial charge in [0.05, 0.1) is 0 Å². The molecule has 4 aromatic carbocycles. The van der Waals surface area contributed by atoms with Crippen molar-refractivity contribution in [3.63, 3.8) is 0 Å².